The molecule has 0 fully saturated rings. The molecule has 1 unspecified atom stereocenters. The van der Waals surface area contributed by atoms with Gasteiger partial charge in [0.15, 0.2) is 8.32 Å². The lowest BCUT2D eigenvalue weighted by molar-refractivity contribution is -0.125. The van der Waals surface area contributed by atoms with Crippen molar-refractivity contribution in [1.29, 1.82) is 0 Å². The topological polar surface area (TPSA) is 66.5 Å². The molecule has 0 aromatic carbocycles. The van der Waals surface area contributed by atoms with Gasteiger partial charge in [-0.2, -0.15) is 0 Å². The van der Waals surface area contributed by atoms with Gasteiger partial charge in [0.2, 0.25) is 0 Å². The summed E-state index contributed by atoms with van der Waals surface area (Å²) in [5.74, 6) is 0. The normalized spacial score (nSPS) is 14.5. The average molecular weight is 421 g/mol. The Morgan fingerprint density at radius 3 is 2.04 bits per heavy atom. The number of nitrogens with zero attached hydrogens (tertiary/aromatic N) is 3. The number of hydrazine groups is 2. The van der Waals surface area contributed by atoms with Gasteiger partial charge in [0, 0.05) is 34.3 Å². The van der Waals surface area contributed by atoms with Crippen LogP contribution < -0.4 is 5.59 Å². The Hall–Kier alpha value is -0.713. The Labute approximate surface area is 173 Å². The summed E-state index contributed by atoms with van der Waals surface area (Å²) >= 11 is 0. The van der Waals surface area contributed by atoms with Crippen molar-refractivity contribution in [2.45, 2.75) is 78.3 Å². The number of likely N-dealkylation sites (N-methyl/N-ethyl adjacent to an activating group) is 1. The van der Waals surface area contributed by atoms with E-state index in [1.165, 1.54) is 0 Å². The molecule has 0 heterocycles. The van der Waals surface area contributed by atoms with Gasteiger partial charge in [-0.05, 0) is 45.8 Å². The first-order chi connectivity index (χ1) is 12.5. The van der Waals surface area contributed by atoms with Crippen molar-refractivity contribution in [2.75, 3.05) is 40.8 Å². The molecule has 1 N–H and O–H groups in total. The van der Waals surface area contributed by atoms with Gasteiger partial charge in [-0.3, -0.25) is 4.84 Å². The molecule has 0 aliphatic carbocycles. The predicted octanol–water partition coefficient (Wildman–Crippen LogP) is 3.48. The van der Waals surface area contributed by atoms with Gasteiger partial charge in [0.25, 0.3) is 0 Å². The molecule has 0 aliphatic rings. The van der Waals surface area contributed by atoms with Crippen LogP contribution in [0, 0.1) is 0 Å². The number of carbonyl (C=O) groups excluding carboxylic acids is 1. The predicted molar refractivity (Wildman–Crippen MR) is 116 cm³/mol. The van der Waals surface area contributed by atoms with E-state index in [9.17, 15) is 4.79 Å². The summed E-state index contributed by atoms with van der Waals surface area (Å²) < 4.78 is 11.8. The first kappa shape index (κ1) is 27.3. The maximum absolute atomic E-state index is 12.7. The highest BCUT2D eigenvalue weighted by Crippen LogP contribution is 2.36. The fraction of sp³-hybridized carbons (Fsp3) is 0.947. The lowest BCUT2D eigenvalue weighted by atomic mass is 10.2. The van der Waals surface area contributed by atoms with Crippen LogP contribution in [0.5, 0.6) is 0 Å². The Morgan fingerprint density at radius 2 is 1.61 bits per heavy atom. The van der Waals surface area contributed by atoms with Crippen LogP contribution in [0.2, 0.25) is 18.1 Å². The monoisotopic (exact) mass is 420 g/mol. The number of rotatable bonds is 10. The number of hydrogen-bond donors (Lipinski definition) is 1. The van der Waals surface area contributed by atoms with Gasteiger partial charge in [-0.25, -0.2) is 19.8 Å². The van der Waals surface area contributed by atoms with Gasteiger partial charge < -0.3 is 9.16 Å². The number of amides is 1. The van der Waals surface area contributed by atoms with E-state index in [1.807, 2.05) is 53.8 Å². The fourth-order valence-corrected chi connectivity index (χ4v) is 2.95. The van der Waals surface area contributed by atoms with Crippen LogP contribution in [0.15, 0.2) is 0 Å². The fourth-order valence-electron chi connectivity index (χ4n) is 1.91. The summed E-state index contributed by atoms with van der Waals surface area (Å²) in [7, 11) is 3.71. The second-order valence-corrected chi connectivity index (χ2v) is 14.8. The molecule has 0 aromatic rings. The number of nitrogens with one attached hydrogen (secondary N) is 1. The number of ether oxygens (including phenoxy) is 1. The van der Waals surface area contributed by atoms with E-state index in [0.717, 1.165) is 0 Å². The molecule has 0 saturated carbocycles. The number of hydrogen-bond acceptors (Lipinski definition) is 7. The van der Waals surface area contributed by atoms with Crippen LogP contribution >= 0.6 is 0 Å². The van der Waals surface area contributed by atoms with Gasteiger partial charge in [-0.1, -0.05) is 20.8 Å². The molecule has 0 aromatic heterocycles. The Kier molecular flexibility index (Phi) is 10.6. The van der Waals surface area contributed by atoms with Gasteiger partial charge in [0.05, 0.1) is 12.6 Å². The van der Waals surface area contributed by atoms with Crippen LogP contribution in [0.1, 0.15) is 48.5 Å². The summed E-state index contributed by atoms with van der Waals surface area (Å²) in [5, 5.41) is 5.26. The highest BCUT2D eigenvalue weighted by molar-refractivity contribution is 6.74. The molecule has 0 rings (SSSR count). The van der Waals surface area contributed by atoms with E-state index < -0.39 is 20.0 Å². The minimum absolute atomic E-state index is 0.149. The van der Waals surface area contributed by atoms with Crippen molar-refractivity contribution in [3.63, 3.8) is 0 Å². The SMILES string of the molecule is CC(CN(C(=O)OC(C)(C)C)N(C)CCO[Si](C)(C)C(C)(C)C)ONN(C)C. The lowest BCUT2D eigenvalue weighted by Gasteiger charge is -2.38. The van der Waals surface area contributed by atoms with Gasteiger partial charge >= 0.3 is 6.09 Å². The molecular weight excluding hydrogens is 376 g/mol. The molecule has 0 aliphatic heterocycles. The number of carbonyl (C=O) groups is 1. The Bertz CT molecular complexity index is 476. The van der Waals surface area contributed by atoms with Crippen LogP contribution in [0.3, 0.4) is 0 Å². The minimum Gasteiger partial charge on any atom is -0.443 e. The molecule has 0 saturated heterocycles. The van der Waals surface area contributed by atoms with Gasteiger partial charge in [-0.15, -0.1) is 5.59 Å². The van der Waals surface area contributed by atoms with E-state index in [0.29, 0.717) is 19.7 Å². The molecule has 0 bridgehead atoms. The van der Waals surface area contributed by atoms with Crippen molar-refractivity contribution in [3.05, 3.63) is 0 Å². The second kappa shape index (κ2) is 10.9. The third-order valence-corrected chi connectivity index (χ3v) is 9.11. The third-order valence-electron chi connectivity index (χ3n) is 4.57. The van der Waals surface area contributed by atoms with Crippen molar-refractivity contribution >= 4 is 14.4 Å². The molecular formula is C19H44N4O4Si. The van der Waals surface area contributed by atoms with E-state index in [-0.39, 0.29) is 11.1 Å². The first-order valence-electron chi connectivity index (χ1n) is 9.90. The first-order valence-corrected chi connectivity index (χ1v) is 12.8. The summed E-state index contributed by atoms with van der Waals surface area (Å²) in [6.07, 6.45) is -0.638. The molecule has 0 spiro atoms. The Morgan fingerprint density at radius 1 is 1.07 bits per heavy atom. The zero-order valence-corrected chi connectivity index (χ0v) is 21.2. The molecule has 9 heteroatoms. The van der Waals surface area contributed by atoms with E-state index in [2.05, 4.69) is 39.5 Å². The van der Waals surface area contributed by atoms with Crippen LogP contribution in [0.25, 0.3) is 0 Å². The van der Waals surface area contributed by atoms with Crippen molar-refractivity contribution in [2.24, 2.45) is 0 Å². The lowest BCUT2D eigenvalue weighted by Crippen LogP contribution is -2.52. The molecule has 8 nitrogen and oxygen atoms in total. The maximum Gasteiger partial charge on any atom is 0.425 e. The second-order valence-electron chi connectivity index (χ2n) is 9.97. The zero-order chi connectivity index (χ0) is 22.3. The smallest absolute Gasteiger partial charge is 0.425 e. The summed E-state index contributed by atoms with van der Waals surface area (Å²) in [5.41, 5.74) is 2.20. The average Bonchev–Trinajstić information content (AvgIpc) is 2.47. The highest BCUT2D eigenvalue weighted by Gasteiger charge is 2.37. The molecule has 0 radical (unpaired) electrons. The largest absolute Gasteiger partial charge is 0.443 e. The van der Waals surface area contributed by atoms with Crippen LogP contribution in [-0.2, 0) is 14.0 Å². The minimum atomic E-state index is -1.83. The van der Waals surface area contributed by atoms with Crippen molar-refractivity contribution in [1.82, 2.24) is 20.6 Å². The summed E-state index contributed by atoms with van der Waals surface area (Å²) in [4.78, 5) is 18.3. The Balaban J connectivity index is 4.99. The van der Waals surface area contributed by atoms with E-state index in [4.69, 9.17) is 14.0 Å². The standard InChI is InChI=1S/C19H44N4O4Si/c1-16(27-20-21(8)9)15-23(17(24)26-18(2,3)4)22(10)13-14-25-28(11,12)19(5,6)7/h16,20H,13-15H2,1-12H3. The maximum atomic E-state index is 12.7. The van der Waals surface area contributed by atoms with Gasteiger partial charge in [0.1, 0.15) is 5.60 Å². The van der Waals surface area contributed by atoms with E-state index >= 15 is 0 Å². The molecule has 168 valence electrons. The summed E-state index contributed by atoms with van der Waals surface area (Å²) in [6.45, 7) is 20.1. The molecule has 1 atom stereocenters. The quantitative estimate of drug-likeness (QED) is 0.429. The van der Waals surface area contributed by atoms with E-state index in [1.54, 1.807) is 10.0 Å². The molecule has 1 amide bonds. The zero-order valence-electron chi connectivity index (χ0n) is 20.2. The third kappa shape index (κ3) is 10.7. The van der Waals surface area contributed by atoms with Crippen LogP contribution in [0.4, 0.5) is 4.79 Å². The molecule has 28 heavy (non-hydrogen) atoms. The summed E-state index contributed by atoms with van der Waals surface area (Å²) in [6, 6.07) is 0. The van der Waals surface area contributed by atoms with Crippen molar-refractivity contribution < 1.29 is 18.8 Å². The highest BCUT2D eigenvalue weighted by atomic mass is 28.4. The van der Waals surface area contributed by atoms with Crippen LogP contribution in [-0.4, -0.2) is 82.0 Å². The van der Waals surface area contributed by atoms with Crippen molar-refractivity contribution in [3.8, 4) is 0 Å².